The zero-order valence-corrected chi connectivity index (χ0v) is 8.99. The summed E-state index contributed by atoms with van der Waals surface area (Å²) in [5.74, 6) is 3.78. The van der Waals surface area contributed by atoms with Crippen LogP contribution in [0, 0.1) is 12.3 Å². The molecule has 0 saturated carbocycles. The molecule has 0 amide bonds. The van der Waals surface area contributed by atoms with E-state index in [1.54, 1.807) is 7.11 Å². The van der Waals surface area contributed by atoms with E-state index in [4.69, 9.17) is 15.9 Å². The number of methoxy groups -OCH3 is 1. The highest BCUT2D eigenvalue weighted by Crippen LogP contribution is 2.28. The lowest BCUT2D eigenvalue weighted by Gasteiger charge is -2.09. The fourth-order valence-electron chi connectivity index (χ4n) is 1.22. The highest BCUT2D eigenvalue weighted by Gasteiger charge is 2.03. The zero-order valence-electron chi connectivity index (χ0n) is 8.99. The number of benzene rings is 1. The van der Waals surface area contributed by atoms with E-state index < -0.39 is 0 Å². The standard InChI is InChI=1S/C13H14O2/c1-4-6-11-7-8-12(15-9-5-2)13(10-11)14-3/h2,4,6-8,10H,9H2,1,3H3/b6-4+. The Balaban J connectivity index is 2.94. The molecule has 1 aromatic rings. The number of ether oxygens (including phenoxy) is 2. The van der Waals surface area contributed by atoms with Gasteiger partial charge >= 0.3 is 0 Å². The van der Waals surface area contributed by atoms with Crippen LogP contribution in [-0.2, 0) is 0 Å². The molecule has 0 fully saturated rings. The van der Waals surface area contributed by atoms with Gasteiger partial charge in [0.15, 0.2) is 11.5 Å². The summed E-state index contributed by atoms with van der Waals surface area (Å²) in [7, 11) is 1.61. The highest BCUT2D eigenvalue weighted by molar-refractivity contribution is 5.55. The van der Waals surface area contributed by atoms with Crippen molar-refractivity contribution in [3.63, 3.8) is 0 Å². The smallest absolute Gasteiger partial charge is 0.162 e. The monoisotopic (exact) mass is 202 g/mol. The number of allylic oxidation sites excluding steroid dienone is 1. The van der Waals surface area contributed by atoms with Crippen LogP contribution in [0.15, 0.2) is 24.3 Å². The summed E-state index contributed by atoms with van der Waals surface area (Å²) in [6.45, 7) is 2.22. The van der Waals surface area contributed by atoms with Gasteiger partial charge in [-0.05, 0) is 24.6 Å². The molecular formula is C13H14O2. The maximum atomic E-state index is 5.33. The lowest BCUT2D eigenvalue weighted by molar-refractivity contribution is 0.331. The van der Waals surface area contributed by atoms with Crippen LogP contribution < -0.4 is 9.47 Å². The van der Waals surface area contributed by atoms with Crippen molar-refractivity contribution in [3.05, 3.63) is 29.8 Å². The largest absolute Gasteiger partial charge is 0.493 e. The van der Waals surface area contributed by atoms with Gasteiger partial charge in [-0.1, -0.05) is 24.1 Å². The van der Waals surface area contributed by atoms with Gasteiger partial charge in [0.2, 0.25) is 0 Å². The van der Waals surface area contributed by atoms with E-state index in [9.17, 15) is 0 Å². The molecule has 2 heteroatoms. The summed E-state index contributed by atoms with van der Waals surface area (Å²) in [5, 5.41) is 0. The minimum Gasteiger partial charge on any atom is -0.493 e. The molecule has 1 rings (SSSR count). The molecule has 0 aromatic heterocycles. The second kappa shape index (κ2) is 5.77. The van der Waals surface area contributed by atoms with Gasteiger partial charge in [0.25, 0.3) is 0 Å². The third-order valence-electron chi connectivity index (χ3n) is 1.86. The van der Waals surface area contributed by atoms with Gasteiger partial charge in [-0.15, -0.1) is 6.42 Å². The quantitative estimate of drug-likeness (QED) is 0.699. The highest BCUT2D eigenvalue weighted by atomic mass is 16.5. The van der Waals surface area contributed by atoms with Gasteiger partial charge in [0.05, 0.1) is 7.11 Å². The molecule has 0 N–H and O–H groups in total. The molecule has 2 nitrogen and oxygen atoms in total. The predicted molar refractivity (Wildman–Crippen MR) is 62.0 cm³/mol. The van der Waals surface area contributed by atoms with Gasteiger partial charge < -0.3 is 9.47 Å². The molecule has 0 atom stereocenters. The predicted octanol–water partition coefficient (Wildman–Crippen LogP) is 2.74. The van der Waals surface area contributed by atoms with Crippen LogP contribution in [0.5, 0.6) is 11.5 Å². The zero-order chi connectivity index (χ0) is 11.1. The molecule has 0 unspecified atom stereocenters. The van der Waals surface area contributed by atoms with Crippen LogP contribution in [-0.4, -0.2) is 13.7 Å². The van der Waals surface area contributed by atoms with Gasteiger partial charge in [0.1, 0.15) is 6.61 Å². The van der Waals surface area contributed by atoms with Crippen LogP contribution >= 0.6 is 0 Å². The Morgan fingerprint density at radius 3 is 2.80 bits per heavy atom. The summed E-state index contributed by atoms with van der Waals surface area (Å²) < 4.78 is 10.5. The van der Waals surface area contributed by atoms with Crippen molar-refractivity contribution in [1.82, 2.24) is 0 Å². The first kappa shape index (κ1) is 11.2. The molecule has 0 spiro atoms. The molecule has 1 aromatic carbocycles. The van der Waals surface area contributed by atoms with E-state index in [0.29, 0.717) is 11.5 Å². The van der Waals surface area contributed by atoms with Crippen molar-refractivity contribution < 1.29 is 9.47 Å². The first-order valence-corrected chi connectivity index (χ1v) is 4.68. The fraction of sp³-hybridized carbons (Fsp3) is 0.231. The molecular weight excluding hydrogens is 188 g/mol. The SMILES string of the molecule is C#CCOc1ccc(/C=C/C)cc1OC. The molecule has 78 valence electrons. The van der Waals surface area contributed by atoms with Crippen LogP contribution in [0.4, 0.5) is 0 Å². The Hall–Kier alpha value is -1.88. The van der Waals surface area contributed by atoms with Crippen molar-refractivity contribution in [1.29, 1.82) is 0 Å². The maximum absolute atomic E-state index is 5.33. The van der Waals surface area contributed by atoms with Gasteiger partial charge in [-0.3, -0.25) is 0 Å². The van der Waals surface area contributed by atoms with Crippen molar-refractivity contribution in [2.45, 2.75) is 6.92 Å². The number of hydrogen-bond donors (Lipinski definition) is 0. The Labute approximate surface area is 90.5 Å². The molecule has 0 saturated heterocycles. The van der Waals surface area contributed by atoms with E-state index in [1.807, 2.05) is 37.3 Å². The topological polar surface area (TPSA) is 18.5 Å². The van der Waals surface area contributed by atoms with E-state index in [-0.39, 0.29) is 6.61 Å². The van der Waals surface area contributed by atoms with Crippen molar-refractivity contribution in [3.8, 4) is 23.8 Å². The normalized spacial score (nSPS) is 9.93. The minimum atomic E-state index is 0.249. The second-order valence-corrected chi connectivity index (χ2v) is 2.90. The van der Waals surface area contributed by atoms with Crippen LogP contribution in [0.1, 0.15) is 12.5 Å². The molecule has 0 heterocycles. The number of hydrogen-bond acceptors (Lipinski definition) is 2. The summed E-state index contributed by atoms with van der Waals surface area (Å²) in [6, 6.07) is 5.71. The lowest BCUT2D eigenvalue weighted by atomic mass is 10.2. The summed E-state index contributed by atoms with van der Waals surface area (Å²) >= 11 is 0. The summed E-state index contributed by atoms with van der Waals surface area (Å²) in [6.07, 6.45) is 9.08. The Bertz CT molecular complexity index is 386. The van der Waals surface area contributed by atoms with Crippen LogP contribution in [0.2, 0.25) is 0 Å². The second-order valence-electron chi connectivity index (χ2n) is 2.90. The van der Waals surface area contributed by atoms with E-state index in [0.717, 1.165) is 5.56 Å². The van der Waals surface area contributed by atoms with E-state index in [2.05, 4.69) is 5.92 Å². The fourth-order valence-corrected chi connectivity index (χ4v) is 1.22. The Morgan fingerprint density at radius 1 is 1.40 bits per heavy atom. The van der Waals surface area contributed by atoms with Crippen molar-refractivity contribution in [2.75, 3.05) is 13.7 Å². The molecule has 0 aliphatic rings. The average Bonchev–Trinajstić information content (AvgIpc) is 2.27. The summed E-state index contributed by atoms with van der Waals surface area (Å²) in [4.78, 5) is 0. The van der Waals surface area contributed by atoms with Gasteiger partial charge in [-0.2, -0.15) is 0 Å². The van der Waals surface area contributed by atoms with Gasteiger partial charge in [0, 0.05) is 0 Å². The van der Waals surface area contributed by atoms with Crippen LogP contribution in [0.25, 0.3) is 6.08 Å². The van der Waals surface area contributed by atoms with E-state index in [1.165, 1.54) is 0 Å². The first-order chi connectivity index (χ1) is 7.31. The third-order valence-corrected chi connectivity index (χ3v) is 1.86. The molecule has 0 bridgehead atoms. The number of terminal acetylenes is 1. The van der Waals surface area contributed by atoms with Gasteiger partial charge in [-0.25, -0.2) is 0 Å². The lowest BCUT2D eigenvalue weighted by Crippen LogP contribution is -1.96. The summed E-state index contributed by atoms with van der Waals surface area (Å²) in [5.41, 5.74) is 1.07. The van der Waals surface area contributed by atoms with Crippen LogP contribution in [0.3, 0.4) is 0 Å². The maximum Gasteiger partial charge on any atom is 0.162 e. The molecule has 0 radical (unpaired) electrons. The minimum absolute atomic E-state index is 0.249. The van der Waals surface area contributed by atoms with Crippen molar-refractivity contribution >= 4 is 6.08 Å². The average molecular weight is 202 g/mol. The first-order valence-electron chi connectivity index (χ1n) is 4.68. The Kier molecular flexibility index (Phi) is 4.30. The van der Waals surface area contributed by atoms with Crippen molar-refractivity contribution in [2.24, 2.45) is 0 Å². The molecule has 0 aliphatic heterocycles. The van der Waals surface area contributed by atoms with E-state index >= 15 is 0 Å². The third kappa shape index (κ3) is 3.07. The molecule has 0 aliphatic carbocycles. The number of rotatable bonds is 4. The molecule has 15 heavy (non-hydrogen) atoms. The Morgan fingerprint density at radius 2 is 2.20 bits per heavy atom.